The highest BCUT2D eigenvalue weighted by molar-refractivity contribution is 7.58. The summed E-state index contributed by atoms with van der Waals surface area (Å²) in [5.41, 5.74) is 3.57. The van der Waals surface area contributed by atoms with E-state index >= 15 is 0 Å². The smallest absolute Gasteiger partial charge is 0.358 e. The maximum Gasteiger partial charge on any atom is 0.360 e. The first-order valence-corrected chi connectivity index (χ1v) is 12.8. The Labute approximate surface area is 184 Å². The van der Waals surface area contributed by atoms with Crippen LogP contribution < -0.4 is 5.32 Å². The number of benzene rings is 1. The van der Waals surface area contributed by atoms with Gasteiger partial charge in [0.1, 0.15) is 0 Å². The fraction of sp³-hybridized carbons (Fsp3) is 0.680. The Bertz CT molecular complexity index is 780. The summed E-state index contributed by atoms with van der Waals surface area (Å²) in [5, 5.41) is 4.52. The predicted octanol–water partition coefficient (Wildman–Crippen LogP) is 8.56. The number of allylic oxidation sites excluding steroid dienone is 2. The molecule has 0 heterocycles. The maximum absolute atomic E-state index is 14.1. The van der Waals surface area contributed by atoms with Crippen LogP contribution in [0.2, 0.25) is 0 Å². The number of anilines is 1. The lowest BCUT2D eigenvalue weighted by atomic mass is 9.92. The minimum Gasteiger partial charge on any atom is -0.358 e. The van der Waals surface area contributed by atoms with Gasteiger partial charge in [0.15, 0.2) is 0 Å². The maximum atomic E-state index is 14.1. The molecule has 0 saturated carbocycles. The molecule has 0 radical (unpaired) electrons. The molecule has 2 rings (SSSR count). The van der Waals surface area contributed by atoms with Crippen molar-refractivity contribution in [2.45, 2.75) is 112 Å². The van der Waals surface area contributed by atoms with Crippen LogP contribution in [0.3, 0.4) is 0 Å². The van der Waals surface area contributed by atoms with Crippen molar-refractivity contribution in [1.29, 1.82) is 0 Å². The molecular weight excluding hydrogens is 393 g/mol. The van der Waals surface area contributed by atoms with E-state index in [0.29, 0.717) is 11.8 Å². The zero-order valence-corrected chi connectivity index (χ0v) is 21.6. The molecule has 1 aromatic carbocycles. The van der Waals surface area contributed by atoms with Gasteiger partial charge in [0.2, 0.25) is 0 Å². The lowest BCUT2D eigenvalue weighted by Crippen LogP contribution is -2.24. The topological polar surface area (TPSA) is 47.6 Å². The minimum atomic E-state index is -3.46. The molecule has 0 unspecified atom stereocenters. The normalized spacial score (nSPS) is 16.1. The second-order valence-corrected chi connectivity index (χ2v) is 12.8. The Morgan fingerprint density at radius 3 is 1.73 bits per heavy atom. The van der Waals surface area contributed by atoms with Crippen LogP contribution in [0.25, 0.3) is 0 Å². The highest BCUT2D eigenvalue weighted by Crippen LogP contribution is 2.65. The van der Waals surface area contributed by atoms with Gasteiger partial charge in [-0.1, -0.05) is 45.9 Å². The van der Waals surface area contributed by atoms with Crippen molar-refractivity contribution in [1.82, 2.24) is 0 Å². The number of para-hydroxylation sites is 1. The molecule has 5 heteroatoms. The quantitative estimate of drug-likeness (QED) is 0.436. The SMILES string of the molecule is CC(C)c1cccc(C(C)C)c1NC1=C(P(=O)(OC(C)(C)C)OC(C)(C)C)CCC1. The molecule has 0 aromatic heterocycles. The van der Waals surface area contributed by atoms with Crippen LogP contribution in [0.15, 0.2) is 29.2 Å². The second-order valence-electron chi connectivity index (χ2n) is 10.9. The van der Waals surface area contributed by atoms with Crippen LogP contribution in [0.4, 0.5) is 5.69 Å². The molecular formula is C25H42NO3P. The molecule has 0 saturated heterocycles. The summed E-state index contributed by atoms with van der Waals surface area (Å²) in [6, 6.07) is 6.51. The molecule has 0 atom stereocenters. The van der Waals surface area contributed by atoms with Gasteiger partial charge in [0.25, 0.3) is 0 Å². The Kier molecular flexibility index (Phi) is 7.71. The Balaban J connectivity index is 2.59. The zero-order valence-electron chi connectivity index (χ0n) is 20.7. The molecule has 4 nitrogen and oxygen atoms in total. The van der Waals surface area contributed by atoms with Gasteiger partial charge in [-0.3, -0.25) is 13.6 Å². The van der Waals surface area contributed by atoms with E-state index < -0.39 is 18.8 Å². The molecule has 170 valence electrons. The third-order valence-corrected chi connectivity index (χ3v) is 7.69. The average molecular weight is 436 g/mol. The van der Waals surface area contributed by atoms with Gasteiger partial charge in [0.05, 0.1) is 16.5 Å². The van der Waals surface area contributed by atoms with Crippen molar-refractivity contribution >= 4 is 13.3 Å². The summed E-state index contributed by atoms with van der Waals surface area (Å²) >= 11 is 0. The summed E-state index contributed by atoms with van der Waals surface area (Å²) < 4.78 is 26.4. The lowest BCUT2D eigenvalue weighted by Gasteiger charge is -2.33. The van der Waals surface area contributed by atoms with Crippen molar-refractivity contribution in [3.63, 3.8) is 0 Å². The first-order chi connectivity index (χ1) is 13.6. The summed E-state index contributed by atoms with van der Waals surface area (Å²) in [6.45, 7) is 20.4. The van der Waals surface area contributed by atoms with E-state index in [9.17, 15) is 4.57 Å². The van der Waals surface area contributed by atoms with Crippen molar-refractivity contribution in [3.05, 3.63) is 40.3 Å². The van der Waals surface area contributed by atoms with E-state index in [1.165, 1.54) is 11.1 Å². The van der Waals surface area contributed by atoms with Gasteiger partial charge in [-0.05, 0) is 83.8 Å². The number of rotatable bonds is 7. The fourth-order valence-corrected chi connectivity index (χ4v) is 6.49. The van der Waals surface area contributed by atoms with Crippen LogP contribution in [-0.4, -0.2) is 11.2 Å². The van der Waals surface area contributed by atoms with Crippen molar-refractivity contribution in [3.8, 4) is 0 Å². The Hall–Kier alpha value is -1.09. The fourth-order valence-electron chi connectivity index (χ4n) is 3.86. The minimum absolute atomic E-state index is 0.389. The highest BCUT2D eigenvalue weighted by atomic mass is 31.2. The number of hydrogen-bond acceptors (Lipinski definition) is 4. The highest BCUT2D eigenvalue weighted by Gasteiger charge is 2.42. The Morgan fingerprint density at radius 1 is 0.867 bits per heavy atom. The Morgan fingerprint density at radius 2 is 1.33 bits per heavy atom. The third-order valence-electron chi connectivity index (χ3n) is 4.96. The molecule has 0 fully saturated rings. The van der Waals surface area contributed by atoms with E-state index in [2.05, 4.69) is 51.2 Å². The van der Waals surface area contributed by atoms with Gasteiger partial charge >= 0.3 is 7.60 Å². The predicted molar refractivity (Wildman–Crippen MR) is 128 cm³/mol. The molecule has 0 aliphatic heterocycles. The first-order valence-electron chi connectivity index (χ1n) is 11.3. The van der Waals surface area contributed by atoms with Crippen molar-refractivity contribution in [2.24, 2.45) is 0 Å². The van der Waals surface area contributed by atoms with Gasteiger partial charge < -0.3 is 5.32 Å². The van der Waals surface area contributed by atoms with Gasteiger partial charge in [-0.15, -0.1) is 0 Å². The third kappa shape index (κ3) is 6.45. The zero-order chi connectivity index (χ0) is 22.9. The van der Waals surface area contributed by atoms with Crippen molar-refractivity contribution in [2.75, 3.05) is 5.32 Å². The standard InChI is InChI=1S/C25H42NO3P/c1-17(2)19-13-11-14-20(18(3)4)23(19)26-21-15-12-16-22(21)30(27,28-24(5,6)7)29-25(8,9)10/h11,13-14,17-18,26H,12,15-16H2,1-10H3. The first kappa shape index (κ1) is 25.2. The summed E-state index contributed by atoms with van der Waals surface area (Å²) in [7, 11) is -3.46. The van der Waals surface area contributed by atoms with Crippen LogP contribution >= 0.6 is 7.60 Å². The van der Waals surface area contributed by atoms with Gasteiger partial charge in [-0.2, -0.15) is 0 Å². The molecule has 1 aliphatic carbocycles. The molecule has 30 heavy (non-hydrogen) atoms. The number of nitrogens with one attached hydrogen (secondary N) is 1. The molecule has 1 aromatic rings. The van der Waals surface area contributed by atoms with Crippen LogP contribution in [0.1, 0.15) is 111 Å². The summed E-state index contributed by atoms with van der Waals surface area (Å²) in [6.07, 6.45) is 2.53. The largest absolute Gasteiger partial charge is 0.360 e. The van der Waals surface area contributed by atoms with E-state index in [0.717, 1.165) is 36.0 Å². The van der Waals surface area contributed by atoms with Crippen LogP contribution in [0, 0.1) is 0 Å². The monoisotopic (exact) mass is 435 g/mol. The second kappa shape index (κ2) is 9.18. The lowest BCUT2D eigenvalue weighted by molar-refractivity contribution is 0.0524. The molecule has 1 N–H and O–H groups in total. The van der Waals surface area contributed by atoms with E-state index in [-0.39, 0.29) is 0 Å². The molecule has 0 spiro atoms. The molecule has 0 amide bonds. The summed E-state index contributed by atoms with van der Waals surface area (Å²) in [4.78, 5) is 0. The van der Waals surface area contributed by atoms with Crippen LogP contribution in [-0.2, 0) is 13.6 Å². The van der Waals surface area contributed by atoms with E-state index in [1.54, 1.807) is 0 Å². The van der Waals surface area contributed by atoms with E-state index in [4.69, 9.17) is 9.05 Å². The molecule has 0 bridgehead atoms. The summed E-state index contributed by atoms with van der Waals surface area (Å²) in [5.74, 6) is 0.778. The molecule has 1 aliphatic rings. The van der Waals surface area contributed by atoms with Gasteiger partial charge in [0, 0.05) is 11.4 Å². The average Bonchev–Trinajstić information content (AvgIpc) is 3.00. The van der Waals surface area contributed by atoms with Crippen LogP contribution in [0.5, 0.6) is 0 Å². The van der Waals surface area contributed by atoms with Gasteiger partial charge in [-0.25, -0.2) is 0 Å². The van der Waals surface area contributed by atoms with E-state index in [1.807, 2.05) is 41.5 Å². The van der Waals surface area contributed by atoms with Crippen molar-refractivity contribution < 1.29 is 13.6 Å². The number of hydrogen-bond donors (Lipinski definition) is 1.